The van der Waals surface area contributed by atoms with Gasteiger partial charge in [0, 0.05) is 11.4 Å². The summed E-state index contributed by atoms with van der Waals surface area (Å²) in [4.78, 5) is 12.3. The topological polar surface area (TPSA) is 66.5 Å². The molecular formula is C18H24N2O3S. The number of hydrogen-bond donors (Lipinski definition) is 1. The Kier molecular flexibility index (Phi) is 5.83. The van der Waals surface area contributed by atoms with Crippen LogP contribution in [0.3, 0.4) is 0 Å². The lowest BCUT2D eigenvalue weighted by molar-refractivity contribution is -0.120. The van der Waals surface area contributed by atoms with Crippen LogP contribution >= 0.6 is 0 Å². The van der Waals surface area contributed by atoms with E-state index in [9.17, 15) is 13.2 Å². The van der Waals surface area contributed by atoms with E-state index >= 15 is 0 Å². The highest BCUT2D eigenvalue weighted by Crippen LogP contribution is 2.28. The van der Waals surface area contributed by atoms with Crippen molar-refractivity contribution in [1.29, 1.82) is 0 Å². The SMILES string of the molecule is CCC[C@@H](C)NC(=O)CN(c1cccc2ccccc12)S(C)(=O)=O. The molecule has 130 valence electrons. The van der Waals surface area contributed by atoms with Crippen LogP contribution < -0.4 is 9.62 Å². The molecule has 0 fully saturated rings. The molecule has 0 saturated carbocycles. The second-order valence-electron chi connectivity index (χ2n) is 6.03. The summed E-state index contributed by atoms with van der Waals surface area (Å²) in [5, 5.41) is 4.60. The number of hydrogen-bond acceptors (Lipinski definition) is 3. The minimum absolute atomic E-state index is 0.0245. The number of rotatable bonds is 7. The van der Waals surface area contributed by atoms with Gasteiger partial charge in [-0.3, -0.25) is 9.10 Å². The Labute approximate surface area is 143 Å². The third kappa shape index (κ3) is 4.47. The molecule has 1 atom stereocenters. The van der Waals surface area contributed by atoms with Crippen molar-refractivity contribution in [3.8, 4) is 0 Å². The monoisotopic (exact) mass is 348 g/mol. The normalized spacial score (nSPS) is 12.8. The molecule has 0 heterocycles. The van der Waals surface area contributed by atoms with E-state index in [2.05, 4.69) is 5.32 Å². The summed E-state index contributed by atoms with van der Waals surface area (Å²) < 4.78 is 25.7. The van der Waals surface area contributed by atoms with Crippen LogP contribution in [0.4, 0.5) is 5.69 Å². The Morgan fingerprint density at radius 1 is 1.17 bits per heavy atom. The van der Waals surface area contributed by atoms with E-state index in [1.165, 1.54) is 4.31 Å². The fourth-order valence-electron chi connectivity index (χ4n) is 2.76. The first kappa shape index (κ1) is 18.3. The lowest BCUT2D eigenvalue weighted by Crippen LogP contribution is -2.43. The number of benzene rings is 2. The van der Waals surface area contributed by atoms with Crippen LogP contribution in [0.2, 0.25) is 0 Å². The zero-order valence-electron chi connectivity index (χ0n) is 14.3. The summed E-state index contributed by atoms with van der Waals surface area (Å²) in [6.07, 6.45) is 2.94. The summed E-state index contributed by atoms with van der Waals surface area (Å²) in [7, 11) is -3.58. The van der Waals surface area contributed by atoms with Crippen molar-refractivity contribution in [3.63, 3.8) is 0 Å². The third-order valence-electron chi connectivity index (χ3n) is 3.85. The molecule has 0 unspecified atom stereocenters. The molecule has 2 aromatic carbocycles. The Bertz CT molecular complexity index is 813. The number of sulfonamides is 1. The van der Waals surface area contributed by atoms with Gasteiger partial charge in [-0.05, 0) is 24.8 Å². The molecule has 5 nitrogen and oxygen atoms in total. The molecule has 0 radical (unpaired) electrons. The van der Waals surface area contributed by atoms with Crippen LogP contribution in [-0.2, 0) is 14.8 Å². The molecular weight excluding hydrogens is 324 g/mol. The fourth-order valence-corrected chi connectivity index (χ4v) is 3.63. The average Bonchev–Trinajstić information content (AvgIpc) is 2.51. The van der Waals surface area contributed by atoms with E-state index in [1.807, 2.05) is 44.2 Å². The summed E-state index contributed by atoms with van der Waals surface area (Å²) in [6, 6.07) is 13.0. The molecule has 2 rings (SSSR count). The minimum atomic E-state index is -3.58. The summed E-state index contributed by atoms with van der Waals surface area (Å²) in [5.41, 5.74) is 0.522. The van der Waals surface area contributed by atoms with Gasteiger partial charge in [0.15, 0.2) is 0 Å². The van der Waals surface area contributed by atoms with Gasteiger partial charge in [0.1, 0.15) is 6.54 Å². The van der Waals surface area contributed by atoms with Crippen molar-refractivity contribution in [1.82, 2.24) is 5.32 Å². The Morgan fingerprint density at radius 3 is 2.50 bits per heavy atom. The van der Waals surface area contributed by atoms with E-state index in [-0.39, 0.29) is 18.5 Å². The molecule has 1 amide bonds. The smallest absolute Gasteiger partial charge is 0.240 e. The number of fused-ring (bicyclic) bond motifs is 1. The second-order valence-corrected chi connectivity index (χ2v) is 7.93. The van der Waals surface area contributed by atoms with Gasteiger partial charge in [-0.1, -0.05) is 49.7 Å². The lowest BCUT2D eigenvalue weighted by atomic mass is 10.1. The van der Waals surface area contributed by atoms with Crippen LogP contribution in [0.5, 0.6) is 0 Å². The summed E-state index contributed by atoms with van der Waals surface area (Å²) in [6.45, 7) is 3.74. The standard InChI is InChI=1S/C18H24N2O3S/c1-4-8-14(2)19-18(21)13-20(24(3,22)23)17-12-7-10-15-9-5-6-11-16(15)17/h5-7,9-12,14H,4,8,13H2,1-3H3,(H,19,21)/t14-/m1/s1. The minimum Gasteiger partial charge on any atom is -0.352 e. The number of amides is 1. The maximum atomic E-state index is 12.3. The average molecular weight is 348 g/mol. The number of nitrogens with zero attached hydrogens (tertiary/aromatic N) is 1. The van der Waals surface area contributed by atoms with Gasteiger partial charge >= 0.3 is 0 Å². The first-order chi connectivity index (χ1) is 11.3. The van der Waals surface area contributed by atoms with Gasteiger partial charge in [-0.2, -0.15) is 0 Å². The number of nitrogens with one attached hydrogen (secondary N) is 1. The van der Waals surface area contributed by atoms with Crippen molar-refractivity contribution >= 4 is 32.4 Å². The Balaban J connectivity index is 2.34. The van der Waals surface area contributed by atoms with E-state index < -0.39 is 10.0 Å². The molecule has 24 heavy (non-hydrogen) atoms. The molecule has 1 N–H and O–H groups in total. The lowest BCUT2D eigenvalue weighted by Gasteiger charge is -2.24. The van der Waals surface area contributed by atoms with E-state index in [1.54, 1.807) is 12.1 Å². The van der Waals surface area contributed by atoms with E-state index in [4.69, 9.17) is 0 Å². The van der Waals surface area contributed by atoms with E-state index in [0.717, 1.165) is 29.9 Å². The summed E-state index contributed by atoms with van der Waals surface area (Å²) in [5.74, 6) is -0.297. The highest BCUT2D eigenvalue weighted by atomic mass is 32.2. The van der Waals surface area contributed by atoms with Gasteiger partial charge in [0.2, 0.25) is 15.9 Å². The largest absolute Gasteiger partial charge is 0.352 e. The third-order valence-corrected chi connectivity index (χ3v) is 4.98. The van der Waals surface area contributed by atoms with Gasteiger partial charge in [0.25, 0.3) is 0 Å². The molecule has 0 aliphatic heterocycles. The molecule has 2 aromatic rings. The van der Waals surface area contributed by atoms with Crippen LogP contribution in [0, 0.1) is 0 Å². The molecule has 0 aliphatic carbocycles. The molecule has 0 bridgehead atoms. The van der Waals surface area contributed by atoms with Gasteiger partial charge in [0.05, 0.1) is 11.9 Å². The zero-order valence-corrected chi connectivity index (χ0v) is 15.1. The predicted molar refractivity (Wildman–Crippen MR) is 98.7 cm³/mol. The van der Waals surface area contributed by atoms with Crippen molar-refractivity contribution in [2.24, 2.45) is 0 Å². The van der Waals surface area contributed by atoms with Crippen molar-refractivity contribution in [2.75, 3.05) is 17.1 Å². The molecule has 0 aliphatic rings. The maximum absolute atomic E-state index is 12.3. The number of carbonyl (C=O) groups excluding carboxylic acids is 1. The number of anilines is 1. The molecule has 6 heteroatoms. The van der Waals surface area contributed by atoms with Crippen LogP contribution in [0.25, 0.3) is 10.8 Å². The maximum Gasteiger partial charge on any atom is 0.240 e. The Hall–Kier alpha value is -2.08. The fraction of sp³-hybridized carbons (Fsp3) is 0.389. The van der Waals surface area contributed by atoms with Crippen molar-refractivity contribution < 1.29 is 13.2 Å². The highest BCUT2D eigenvalue weighted by Gasteiger charge is 2.23. The summed E-state index contributed by atoms with van der Waals surface area (Å²) >= 11 is 0. The highest BCUT2D eigenvalue weighted by molar-refractivity contribution is 7.92. The van der Waals surface area contributed by atoms with Crippen molar-refractivity contribution in [2.45, 2.75) is 32.7 Å². The Morgan fingerprint density at radius 2 is 1.83 bits per heavy atom. The zero-order chi connectivity index (χ0) is 17.7. The predicted octanol–water partition coefficient (Wildman–Crippen LogP) is 2.91. The van der Waals surface area contributed by atoms with Crippen LogP contribution in [0.1, 0.15) is 26.7 Å². The van der Waals surface area contributed by atoms with Gasteiger partial charge in [-0.15, -0.1) is 0 Å². The molecule has 0 aromatic heterocycles. The molecule has 0 saturated heterocycles. The van der Waals surface area contributed by atoms with Gasteiger partial charge < -0.3 is 5.32 Å². The van der Waals surface area contributed by atoms with Crippen LogP contribution in [-0.4, -0.2) is 33.2 Å². The second kappa shape index (κ2) is 7.66. The van der Waals surface area contributed by atoms with Crippen LogP contribution in [0.15, 0.2) is 42.5 Å². The van der Waals surface area contributed by atoms with Gasteiger partial charge in [-0.25, -0.2) is 8.42 Å². The molecule has 0 spiro atoms. The first-order valence-electron chi connectivity index (χ1n) is 8.07. The quantitative estimate of drug-likeness (QED) is 0.836. The van der Waals surface area contributed by atoms with E-state index in [0.29, 0.717) is 5.69 Å². The number of carbonyl (C=O) groups is 1. The first-order valence-corrected chi connectivity index (χ1v) is 9.92. The van der Waals surface area contributed by atoms with Crippen molar-refractivity contribution in [3.05, 3.63) is 42.5 Å².